The molecule has 0 saturated heterocycles. The minimum Gasteiger partial charge on any atom is -0.384 e. The van der Waals surface area contributed by atoms with Gasteiger partial charge in [-0.2, -0.15) is 0 Å². The van der Waals surface area contributed by atoms with E-state index in [1.807, 2.05) is 41.1 Å². The fourth-order valence-electron chi connectivity index (χ4n) is 3.67. The molecule has 1 aliphatic rings. The van der Waals surface area contributed by atoms with E-state index in [0.717, 1.165) is 58.6 Å². The second kappa shape index (κ2) is 8.55. The smallest absolute Gasteiger partial charge is 0.189 e. The summed E-state index contributed by atoms with van der Waals surface area (Å²) in [5.74, 6) is 0. The molecule has 2 heterocycles. The molecule has 1 aliphatic heterocycles. The summed E-state index contributed by atoms with van der Waals surface area (Å²) in [7, 11) is 0. The Hall–Kier alpha value is -2.02. The van der Waals surface area contributed by atoms with E-state index < -0.39 is 0 Å². The SMILES string of the molecule is O=c1ccn(NCCCNC2CCNc3c(Br)cc(Cl)cc32)c2ccccc12. The van der Waals surface area contributed by atoms with Crippen LogP contribution in [-0.4, -0.2) is 24.3 Å². The Kier molecular flexibility index (Phi) is 5.90. The number of nitrogens with zero attached hydrogens (tertiary/aromatic N) is 1. The van der Waals surface area contributed by atoms with E-state index in [1.54, 1.807) is 12.3 Å². The van der Waals surface area contributed by atoms with Gasteiger partial charge in [-0.15, -0.1) is 0 Å². The van der Waals surface area contributed by atoms with Gasteiger partial charge in [-0.05, 0) is 65.1 Å². The van der Waals surface area contributed by atoms with Gasteiger partial charge in [-0.1, -0.05) is 23.7 Å². The van der Waals surface area contributed by atoms with Crippen molar-refractivity contribution in [1.82, 2.24) is 9.99 Å². The molecule has 0 aliphatic carbocycles. The van der Waals surface area contributed by atoms with Crippen LogP contribution in [0.15, 0.2) is 57.9 Å². The number of rotatable bonds is 6. The lowest BCUT2D eigenvalue weighted by molar-refractivity contribution is 0.495. The summed E-state index contributed by atoms with van der Waals surface area (Å²) >= 11 is 9.83. The maximum atomic E-state index is 12.0. The molecule has 28 heavy (non-hydrogen) atoms. The van der Waals surface area contributed by atoms with Gasteiger partial charge in [-0.25, -0.2) is 0 Å². The number of hydrogen-bond acceptors (Lipinski definition) is 4. The Labute approximate surface area is 177 Å². The number of hydrogen-bond donors (Lipinski definition) is 3. The van der Waals surface area contributed by atoms with Gasteiger partial charge in [0.05, 0.1) is 11.2 Å². The first-order valence-electron chi connectivity index (χ1n) is 9.44. The molecule has 1 aromatic heterocycles. The Morgan fingerprint density at radius 1 is 1.21 bits per heavy atom. The van der Waals surface area contributed by atoms with Gasteiger partial charge < -0.3 is 16.1 Å². The number of fused-ring (bicyclic) bond motifs is 2. The number of pyridine rings is 1. The molecular formula is C21H22BrClN4O. The second-order valence-electron chi connectivity index (χ2n) is 6.90. The third-order valence-electron chi connectivity index (χ3n) is 5.03. The predicted octanol–water partition coefficient (Wildman–Crippen LogP) is 4.50. The van der Waals surface area contributed by atoms with Crippen LogP contribution in [-0.2, 0) is 0 Å². The Morgan fingerprint density at radius 3 is 2.96 bits per heavy atom. The average Bonchev–Trinajstić information content (AvgIpc) is 2.70. The van der Waals surface area contributed by atoms with E-state index in [0.29, 0.717) is 6.04 Å². The summed E-state index contributed by atoms with van der Waals surface area (Å²) < 4.78 is 2.93. The number of benzene rings is 2. The van der Waals surface area contributed by atoms with Crippen molar-refractivity contribution in [1.29, 1.82) is 0 Å². The number of anilines is 1. The van der Waals surface area contributed by atoms with Crippen molar-refractivity contribution in [2.24, 2.45) is 0 Å². The van der Waals surface area contributed by atoms with Crippen molar-refractivity contribution in [2.45, 2.75) is 18.9 Å². The highest BCUT2D eigenvalue weighted by Gasteiger charge is 2.21. The first-order chi connectivity index (χ1) is 13.6. The van der Waals surface area contributed by atoms with Crippen molar-refractivity contribution in [3.63, 3.8) is 0 Å². The molecule has 5 nitrogen and oxygen atoms in total. The normalized spacial score (nSPS) is 15.9. The van der Waals surface area contributed by atoms with Gasteiger partial charge in [0.1, 0.15) is 0 Å². The number of halogens is 2. The zero-order valence-corrected chi connectivity index (χ0v) is 17.7. The highest BCUT2D eigenvalue weighted by molar-refractivity contribution is 9.10. The third-order valence-corrected chi connectivity index (χ3v) is 5.87. The molecule has 1 atom stereocenters. The molecule has 0 radical (unpaired) electrons. The van der Waals surface area contributed by atoms with Gasteiger partial charge in [0.15, 0.2) is 5.43 Å². The fraction of sp³-hybridized carbons (Fsp3) is 0.286. The number of aromatic nitrogens is 1. The van der Waals surface area contributed by atoms with Gasteiger partial charge in [-0.3, -0.25) is 9.47 Å². The minimum atomic E-state index is 0.0460. The summed E-state index contributed by atoms with van der Waals surface area (Å²) in [6.45, 7) is 2.63. The van der Waals surface area contributed by atoms with Crippen LogP contribution >= 0.6 is 27.5 Å². The molecular weight excluding hydrogens is 440 g/mol. The van der Waals surface area contributed by atoms with Crippen LogP contribution in [0.4, 0.5) is 5.69 Å². The first kappa shape index (κ1) is 19.3. The zero-order chi connectivity index (χ0) is 19.5. The maximum Gasteiger partial charge on any atom is 0.189 e. The lowest BCUT2D eigenvalue weighted by Gasteiger charge is -2.29. The molecule has 4 rings (SSSR count). The molecule has 146 valence electrons. The Bertz CT molecular complexity index is 1050. The monoisotopic (exact) mass is 460 g/mol. The third kappa shape index (κ3) is 4.04. The predicted molar refractivity (Wildman–Crippen MR) is 120 cm³/mol. The number of para-hydroxylation sites is 1. The van der Waals surface area contributed by atoms with Crippen LogP contribution in [0.1, 0.15) is 24.4 Å². The van der Waals surface area contributed by atoms with E-state index in [9.17, 15) is 4.79 Å². The topological polar surface area (TPSA) is 58.1 Å². The second-order valence-corrected chi connectivity index (χ2v) is 8.19. The first-order valence-corrected chi connectivity index (χ1v) is 10.6. The molecule has 1 unspecified atom stereocenters. The van der Waals surface area contributed by atoms with E-state index in [1.165, 1.54) is 5.56 Å². The molecule has 2 aromatic carbocycles. The molecule has 0 spiro atoms. The maximum absolute atomic E-state index is 12.0. The van der Waals surface area contributed by atoms with E-state index in [4.69, 9.17) is 11.6 Å². The largest absolute Gasteiger partial charge is 0.384 e. The van der Waals surface area contributed by atoms with Crippen molar-refractivity contribution in [2.75, 3.05) is 30.4 Å². The Morgan fingerprint density at radius 2 is 2.07 bits per heavy atom. The molecule has 3 aromatic rings. The highest BCUT2D eigenvalue weighted by atomic mass is 79.9. The molecule has 7 heteroatoms. The van der Waals surface area contributed by atoms with Gasteiger partial charge in [0.25, 0.3) is 0 Å². The van der Waals surface area contributed by atoms with Crippen molar-refractivity contribution < 1.29 is 0 Å². The van der Waals surface area contributed by atoms with Gasteiger partial charge >= 0.3 is 0 Å². The van der Waals surface area contributed by atoms with E-state index in [-0.39, 0.29) is 5.43 Å². The fourth-order valence-corrected chi connectivity index (χ4v) is 4.64. The summed E-state index contributed by atoms with van der Waals surface area (Å²) in [5.41, 5.74) is 6.67. The van der Waals surface area contributed by atoms with Gasteiger partial charge in [0.2, 0.25) is 0 Å². The quantitative estimate of drug-likeness (QED) is 0.473. The van der Waals surface area contributed by atoms with Crippen molar-refractivity contribution >= 4 is 44.1 Å². The molecule has 0 amide bonds. The Balaban J connectivity index is 1.35. The summed E-state index contributed by atoms with van der Waals surface area (Å²) in [5, 5.41) is 8.56. The van der Waals surface area contributed by atoms with Crippen LogP contribution in [0.3, 0.4) is 0 Å². The summed E-state index contributed by atoms with van der Waals surface area (Å²) in [6.07, 6.45) is 3.78. The average molecular weight is 462 g/mol. The highest BCUT2D eigenvalue weighted by Crippen LogP contribution is 2.37. The van der Waals surface area contributed by atoms with Crippen LogP contribution in [0.5, 0.6) is 0 Å². The number of nitrogens with one attached hydrogen (secondary N) is 3. The van der Waals surface area contributed by atoms with Crippen molar-refractivity contribution in [3.8, 4) is 0 Å². The van der Waals surface area contributed by atoms with E-state index in [2.05, 4.69) is 32.0 Å². The van der Waals surface area contributed by atoms with Gasteiger partial charge in [0, 0.05) is 46.3 Å². The lowest BCUT2D eigenvalue weighted by Crippen LogP contribution is -2.30. The summed E-state index contributed by atoms with van der Waals surface area (Å²) in [4.78, 5) is 12.0. The van der Waals surface area contributed by atoms with Crippen LogP contribution in [0.25, 0.3) is 10.9 Å². The molecule has 0 bridgehead atoms. The van der Waals surface area contributed by atoms with Crippen molar-refractivity contribution in [3.05, 3.63) is 73.9 Å². The van der Waals surface area contributed by atoms with Crippen LogP contribution in [0, 0.1) is 0 Å². The lowest BCUT2D eigenvalue weighted by atomic mass is 9.98. The minimum absolute atomic E-state index is 0.0460. The molecule has 3 N–H and O–H groups in total. The van der Waals surface area contributed by atoms with Crippen LogP contribution in [0.2, 0.25) is 5.02 Å². The standard InChI is InChI=1S/C21H22BrClN4O/c22-17-13-14(23)12-16-18(6-10-25-21(16)17)24-8-3-9-26-27-11-7-20(28)15-4-1-2-5-19(15)27/h1-2,4-5,7,11-13,18,24-26H,3,6,8-10H2. The summed E-state index contributed by atoms with van der Waals surface area (Å²) in [6, 6.07) is 13.5. The molecule has 0 saturated carbocycles. The van der Waals surface area contributed by atoms with Crippen LogP contribution < -0.4 is 21.5 Å². The van der Waals surface area contributed by atoms with E-state index >= 15 is 0 Å². The molecule has 0 fully saturated rings. The zero-order valence-electron chi connectivity index (χ0n) is 15.3.